The summed E-state index contributed by atoms with van der Waals surface area (Å²) in [6.07, 6.45) is 1.09. The Balaban J connectivity index is 2.96. The number of benzene rings is 1. The number of hydrogen-bond acceptors (Lipinski definition) is 3. The van der Waals surface area contributed by atoms with Crippen LogP contribution in [0.15, 0.2) is 24.3 Å². The maximum absolute atomic E-state index is 5.86. The van der Waals surface area contributed by atoms with Crippen LogP contribution in [0.1, 0.15) is 24.9 Å². The van der Waals surface area contributed by atoms with Crippen LogP contribution in [0, 0.1) is 5.92 Å². The molecule has 0 aromatic heterocycles. The highest BCUT2D eigenvalue weighted by Gasteiger charge is 2.22. The highest BCUT2D eigenvalue weighted by molar-refractivity contribution is 5.29. The lowest BCUT2D eigenvalue weighted by atomic mass is 9.90. The van der Waals surface area contributed by atoms with Crippen molar-refractivity contribution in [1.82, 2.24) is 4.90 Å². The van der Waals surface area contributed by atoms with E-state index in [4.69, 9.17) is 10.5 Å². The Morgan fingerprint density at radius 3 is 2.18 bits per heavy atom. The molecule has 0 radical (unpaired) electrons. The van der Waals surface area contributed by atoms with Crippen molar-refractivity contribution in [1.29, 1.82) is 0 Å². The molecule has 0 aliphatic heterocycles. The molecule has 1 rings (SSSR count). The van der Waals surface area contributed by atoms with Gasteiger partial charge in [-0.1, -0.05) is 25.5 Å². The monoisotopic (exact) mass is 236 g/mol. The molecule has 0 amide bonds. The van der Waals surface area contributed by atoms with Crippen LogP contribution < -0.4 is 10.5 Å². The SMILES string of the molecule is CCC(CN)C(c1ccc(OC)cc1)N(C)C. The van der Waals surface area contributed by atoms with Gasteiger partial charge >= 0.3 is 0 Å². The van der Waals surface area contributed by atoms with Crippen molar-refractivity contribution in [2.45, 2.75) is 19.4 Å². The first-order chi connectivity index (χ1) is 8.13. The Morgan fingerprint density at radius 2 is 1.82 bits per heavy atom. The molecule has 0 heterocycles. The fourth-order valence-electron chi connectivity index (χ4n) is 2.31. The largest absolute Gasteiger partial charge is 0.497 e. The first-order valence-electron chi connectivity index (χ1n) is 6.14. The minimum atomic E-state index is 0.371. The quantitative estimate of drug-likeness (QED) is 0.823. The Hall–Kier alpha value is -1.06. The molecule has 0 bridgehead atoms. The summed E-state index contributed by atoms with van der Waals surface area (Å²) < 4.78 is 5.18. The summed E-state index contributed by atoms with van der Waals surface area (Å²) in [5.41, 5.74) is 7.16. The average Bonchev–Trinajstić information content (AvgIpc) is 2.35. The second-order valence-electron chi connectivity index (χ2n) is 4.59. The molecule has 0 saturated heterocycles. The van der Waals surface area contributed by atoms with Crippen molar-refractivity contribution >= 4 is 0 Å². The molecular formula is C14H24N2O. The Bertz CT molecular complexity index is 317. The predicted octanol–water partition coefficient (Wildman–Crippen LogP) is 2.28. The fraction of sp³-hybridized carbons (Fsp3) is 0.571. The van der Waals surface area contributed by atoms with E-state index in [0.29, 0.717) is 18.5 Å². The number of nitrogens with two attached hydrogens (primary N) is 1. The highest BCUT2D eigenvalue weighted by atomic mass is 16.5. The Kier molecular flexibility index (Phi) is 5.45. The maximum atomic E-state index is 5.86. The van der Waals surface area contributed by atoms with Crippen molar-refractivity contribution in [3.05, 3.63) is 29.8 Å². The summed E-state index contributed by atoms with van der Waals surface area (Å²) in [6.45, 7) is 2.91. The first-order valence-corrected chi connectivity index (χ1v) is 6.14. The van der Waals surface area contributed by atoms with Crippen molar-refractivity contribution < 1.29 is 4.74 Å². The van der Waals surface area contributed by atoms with E-state index in [1.807, 2.05) is 12.1 Å². The van der Waals surface area contributed by atoms with E-state index in [9.17, 15) is 0 Å². The van der Waals surface area contributed by atoms with E-state index in [2.05, 4.69) is 38.1 Å². The number of rotatable bonds is 6. The first kappa shape index (κ1) is 14.0. The summed E-state index contributed by atoms with van der Waals surface area (Å²) >= 11 is 0. The molecule has 0 spiro atoms. The zero-order chi connectivity index (χ0) is 12.8. The van der Waals surface area contributed by atoms with Crippen molar-refractivity contribution in [3.8, 4) is 5.75 Å². The number of hydrogen-bond donors (Lipinski definition) is 1. The van der Waals surface area contributed by atoms with E-state index in [1.54, 1.807) is 7.11 Å². The van der Waals surface area contributed by atoms with Gasteiger partial charge in [0.25, 0.3) is 0 Å². The van der Waals surface area contributed by atoms with Gasteiger partial charge in [-0.2, -0.15) is 0 Å². The third-order valence-electron chi connectivity index (χ3n) is 3.29. The molecule has 0 aliphatic rings. The lowest BCUT2D eigenvalue weighted by Gasteiger charge is -2.31. The van der Waals surface area contributed by atoms with Crippen molar-refractivity contribution in [2.75, 3.05) is 27.7 Å². The molecule has 3 nitrogen and oxygen atoms in total. The van der Waals surface area contributed by atoms with Gasteiger partial charge in [-0.15, -0.1) is 0 Å². The summed E-state index contributed by atoms with van der Waals surface area (Å²) in [5.74, 6) is 1.38. The molecule has 17 heavy (non-hydrogen) atoms. The van der Waals surface area contributed by atoms with Gasteiger partial charge in [-0.25, -0.2) is 0 Å². The predicted molar refractivity (Wildman–Crippen MR) is 72.3 cm³/mol. The van der Waals surface area contributed by atoms with Gasteiger partial charge in [0.05, 0.1) is 7.11 Å². The second kappa shape index (κ2) is 6.62. The van der Waals surface area contributed by atoms with Crippen LogP contribution in [0.5, 0.6) is 5.75 Å². The normalized spacial score (nSPS) is 14.7. The summed E-state index contributed by atoms with van der Waals surface area (Å²) in [4.78, 5) is 2.24. The van der Waals surface area contributed by atoms with E-state index in [1.165, 1.54) is 5.56 Å². The van der Waals surface area contributed by atoms with Gasteiger partial charge in [0, 0.05) is 6.04 Å². The highest BCUT2D eigenvalue weighted by Crippen LogP contribution is 2.29. The van der Waals surface area contributed by atoms with E-state index < -0.39 is 0 Å². The van der Waals surface area contributed by atoms with Gasteiger partial charge in [0.15, 0.2) is 0 Å². The summed E-state index contributed by atoms with van der Waals surface area (Å²) in [6, 6.07) is 8.64. The zero-order valence-electron chi connectivity index (χ0n) is 11.3. The van der Waals surface area contributed by atoms with Gasteiger partial charge in [0.2, 0.25) is 0 Å². The molecule has 2 N–H and O–H groups in total. The minimum absolute atomic E-state index is 0.371. The van der Waals surface area contributed by atoms with Crippen LogP contribution in [-0.2, 0) is 0 Å². The lowest BCUT2D eigenvalue weighted by molar-refractivity contribution is 0.211. The maximum Gasteiger partial charge on any atom is 0.118 e. The van der Waals surface area contributed by atoms with E-state index in [0.717, 1.165) is 12.2 Å². The Morgan fingerprint density at radius 1 is 1.24 bits per heavy atom. The number of nitrogens with zero attached hydrogens (tertiary/aromatic N) is 1. The van der Waals surface area contributed by atoms with Gasteiger partial charge in [-0.05, 0) is 44.3 Å². The molecule has 0 aliphatic carbocycles. The molecule has 3 heteroatoms. The van der Waals surface area contributed by atoms with Crippen LogP contribution in [0.25, 0.3) is 0 Å². The van der Waals surface area contributed by atoms with Crippen LogP contribution in [0.4, 0.5) is 0 Å². The molecule has 1 aromatic rings. The Labute approximate surface area is 105 Å². The van der Waals surface area contributed by atoms with E-state index in [-0.39, 0.29) is 0 Å². The zero-order valence-corrected chi connectivity index (χ0v) is 11.3. The van der Waals surface area contributed by atoms with Crippen LogP contribution in [-0.4, -0.2) is 32.6 Å². The molecule has 2 unspecified atom stereocenters. The van der Waals surface area contributed by atoms with Gasteiger partial charge < -0.3 is 15.4 Å². The minimum Gasteiger partial charge on any atom is -0.497 e. The van der Waals surface area contributed by atoms with Crippen LogP contribution in [0.3, 0.4) is 0 Å². The summed E-state index contributed by atoms with van der Waals surface area (Å²) in [7, 11) is 5.90. The molecular weight excluding hydrogens is 212 g/mol. The summed E-state index contributed by atoms with van der Waals surface area (Å²) in [5, 5.41) is 0. The smallest absolute Gasteiger partial charge is 0.118 e. The third-order valence-corrected chi connectivity index (χ3v) is 3.29. The average molecular weight is 236 g/mol. The molecule has 0 fully saturated rings. The number of ether oxygens (including phenoxy) is 1. The second-order valence-corrected chi connectivity index (χ2v) is 4.59. The van der Waals surface area contributed by atoms with Crippen LogP contribution >= 0.6 is 0 Å². The fourth-order valence-corrected chi connectivity index (χ4v) is 2.31. The topological polar surface area (TPSA) is 38.5 Å². The molecule has 1 aromatic carbocycles. The standard InChI is InChI=1S/C14H24N2O/c1-5-11(10-15)14(16(2)3)12-6-8-13(17-4)9-7-12/h6-9,11,14H,5,10,15H2,1-4H3. The third kappa shape index (κ3) is 3.45. The van der Waals surface area contributed by atoms with Gasteiger partial charge in [-0.3, -0.25) is 0 Å². The number of methoxy groups -OCH3 is 1. The van der Waals surface area contributed by atoms with Crippen molar-refractivity contribution in [2.24, 2.45) is 11.7 Å². The molecule has 96 valence electrons. The molecule has 2 atom stereocenters. The van der Waals surface area contributed by atoms with Crippen molar-refractivity contribution in [3.63, 3.8) is 0 Å². The van der Waals surface area contributed by atoms with Crippen LogP contribution in [0.2, 0.25) is 0 Å². The van der Waals surface area contributed by atoms with E-state index >= 15 is 0 Å². The van der Waals surface area contributed by atoms with Gasteiger partial charge in [0.1, 0.15) is 5.75 Å². The lowest BCUT2D eigenvalue weighted by Crippen LogP contribution is -2.31. The molecule has 0 saturated carbocycles.